The van der Waals surface area contributed by atoms with Crippen LogP contribution in [0.4, 0.5) is 5.13 Å². The van der Waals surface area contributed by atoms with E-state index in [1.54, 1.807) is 23.7 Å². The molecule has 2 heterocycles. The lowest BCUT2D eigenvalue weighted by Crippen LogP contribution is -2.24. The van der Waals surface area contributed by atoms with Crippen LogP contribution < -0.4 is 10.6 Å². The summed E-state index contributed by atoms with van der Waals surface area (Å²) in [5.41, 5.74) is 1.25. The summed E-state index contributed by atoms with van der Waals surface area (Å²) in [5.74, 6) is 0.234. The van der Waals surface area contributed by atoms with Crippen LogP contribution in [0.15, 0.2) is 28.7 Å². The third kappa shape index (κ3) is 5.69. The van der Waals surface area contributed by atoms with E-state index in [0.717, 1.165) is 5.69 Å². The number of amides is 2. The first kappa shape index (κ1) is 21.6. The van der Waals surface area contributed by atoms with Gasteiger partial charge in [-0.2, -0.15) is 0 Å². The average molecular weight is 471 g/mol. The molecule has 2 amide bonds. The number of aryl methyl sites for hydroxylation is 1. The van der Waals surface area contributed by atoms with Crippen LogP contribution in [0.3, 0.4) is 0 Å². The first-order valence-corrected chi connectivity index (χ1v) is 10.9. The van der Waals surface area contributed by atoms with Gasteiger partial charge in [0.15, 0.2) is 16.1 Å². The molecule has 3 aromatic rings. The van der Waals surface area contributed by atoms with Gasteiger partial charge in [0.2, 0.25) is 5.91 Å². The number of thioether (sulfide) groups is 1. The first-order chi connectivity index (χ1) is 13.8. The minimum Gasteiger partial charge on any atom is -0.345 e. The number of hydrogen-bond donors (Lipinski definition) is 2. The highest BCUT2D eigenvalue weighted by Gasteiger charge is 2.14. The highest BCUT2D eigenvalue weighted by Crippen LogP contribution is 2.22. The summed E-state index contributed by atoms with van der Waals surface area (Å²) in [7, 11) is 1.77. The van der Waals surface area contributed by atoms with Crippen LogP contribution in [-0.2, 0) is 18.4 Å². The van der Waals surface area contributed by atoms with E-state index in [1.807, 2.05) is 12.3 Å². The van der Waals surface area contributed by atoms with Crippen LogP contribution in [0.1, 0.15) is 21.9 Å². The second kappa shape index (κ2) is 9.57. The second-order valence-corrected chi connectivity index (χ2v) is 8.52. The number of thiazole rings is 1. The molecule has 0 saturated heterocycles. The van der Waals surface area contributed by atoms with Gasteiger partial charge in [-0.05, 0) is 25.1 Å². The lowest BCUT2D eigenvalue weighted by Gasteiger charge is -2.07. The molecule has 0 saturated carbocycles. The molecule has 8 nitrogen and oxygen atoms in total. The van der Waals surface area contributed by atoms with Crippen molar-refractivity contribution in [3.63, 3.8) is 0 Å². The zero-order valence-corrected chi connectivity index (χ0v) is 18.5. The lowest BCUT2D eigenvalue weighted by atomic mass is 10.2. The van der Waals surface area contributed by atoms with E-state index in [2.05, 4.69) is 25.8 Å². The second-order valence-electron chi connectivity index (χ2n) is 5.90. The van der Waals surface area contributed by atoms with Gasteiger partial charge in [-0.3, -0.25) is 9.59 Å². The van der Waals surface area contributed by atoms with Gasteiger partial charge in [0.05, 0.1) is 28.0 Å². The van der Waals surface area contributed by atoms with Crippen molar-refractivity contribution in [2.45, 2.75) is 18.6 Å². The van der Waals surface area contributed by atoms with Crippen molar-refractivity contribution >= 4 is 63.2 Å². The smallest absolute Gasteiger partial charge is 0.251 e. The van der Waals surface area contributed by atoms with E-state index in [-0.39, 0.29) is 24.1 Å². The minimum absolute atomic E-state index is 0.167. The van der Waals surface area contributed by atoms with E-state index >= 15 is 0 Å². The molecule has 0 aliphatic rings. The van der Waals surface area contributed by atoms with Gasteiger partial charge < -0.3 is 15.2 Å². The minimum atomic E-state index is -0.307. The quantitative estimate of drug-likeness (QED) is 0.511. The van der Waals surface area contributed by atoms with E-state index in [1.165, 1.54) is 29.2 Å². The lowest BCUT2D eigenvalue weighted by molar-refractivity contribution is -0.113. The van der Waals surface area contributed by atoms with Crippen LogP contribution in [0, 0.1) is 6.92 Å². The molecule has 0 aliphatic heterocycles. The Kier molecular flexibility index (Phi) is 7.12. The molecule has 0 radical (unpaired) electrons. The molecular formula is C17H16Cl2N6O2S2. The van der Waals surface area contributed by atoms with Crippen molar-refractivity contribution in [2.24, 2.45) is 7.05 Å². The zero-order chi connectivity index (χ0) is 21.0. The van der Waals surface area contributed by atoms with Gasteiger partial charge in [-0.15, -0.1) is 21.5 Å². The number of carbonyl (C=O) groups excluding carboxylic acids is 2. The van der Waals surface area contributed by atoms with E-state index in [0.29, 0.717) is 31.7 Å². The Morgan fingerprint density at radius 2 is 2.03 bits per heavy atom. The third-order valence-electron chi connectivity index (χ3n) is 3.71. The number of nitrogens with zero attached hydrogens (tertiary/aromatic N) is 4. The van der Waals surface area contributed by atoms with E-state index in [9.17, 15) is 9.59 Å². The Hall–Kier alpha value is -2.14. The Balaban J connectivity index is 1.52. The Morgan fingerprint density at radius 1 is 1.24 bits per heavy atom. The number of aromatic nitrogens is 4. The van der Waals surface area contributed by atoms with Gasteiger partial charge in [0.25, 0.3) is 5.91 Å². The van der Waals surface area contributed by atoms with Crippen LogP contribution >= 0.6 is 46.3 Å². The van der Waals surface area contributed by atoms with Crippen LogP contribution in [0.5, 0.6) is 0 Å². The van der Waals surface area contributed by atoms with Crippen molar-refractivity contribution in [1.82, 2.24) is 25.1 Å². The van der Waals surface area contributed by atoms with Gasteiger partial charge in [-0.25, -0.2) is 4.98 Å². The molecule has 0 bridgehead atoms. The SMILES string of the molecule is Cc1csc(NC(=O)CSc2nnc(CNC(=O)c3ccc(Cl)c(Cl)c3)n2C)n1. The maximum atomic E-state index is 12.3. The maximum absolute atomic E-state index is 12.3. The van der Waals surface area contributed by atoms with Gasteiger partial charge in [-0.1, -0.05) is 35.0 Å². The summed E-state index contributed by atoms with van der Waals surface area (Å²) in [5, 5.41) is 17.3. The topological polar surface area (TPSA) is 102 Å². The molecule has 2 N–H and O–H groups in total. The highest BCUT2D eigenvalue weighted by atomic mass is 35.5. The molecule has 0 fully saturated rings. The summed E-state index contributed by atoms with van der Waals surface area (Å²) in [6.45, 7) is 2.04. The van der Waals surface area contributed by atoms with Crippen molar-refractivity contribution in [1.29, 1.82) is 0 Å². The maximum Gasteiger partial charge on any atom is 0.251 e. The van der Waals surface area contributed by atoms with Gasteiger partial charge >= 0.3 is 0 Å². The van der Waals surface area contributed by atoms with Crippen LogP contribution in [-0.4, -0.2) is 37.3 Å². The summed E-state index contributed by atoms with van der Waals surface area (Å²) in [6, 6.07) is 4.65. The molecule has 152 valence electrons. The summed E-state index contributed by atoms with van der Waals surface area (Å²) < 4.78 is 1.72. The largest absolute Gasteiger partial charge is 0.345 e. The molecule has 0 spiro atoms. The Bertz CT molecular complexity index is 1050. The molecule has 12 heteroatoms. The summed E-state index contributed by atoms with van der Waals surface area (Å²) >= 11 is 14.4. The standard InChI is InChI=1S/C17H16Cl2N6O2S2/c1-9-7-28-16(21-9)22-14(26)8-29-17-24-23-13(25(17)2)6-20-15(27)10-3-4-11(18)12(19)5-10/h3-5,7H,6,8H2,1-2H3,(H,20,27)(H,21,22,26). The molecule has 2 aromatic heterocycles. The number of anilines is 1. The van der Waals surface area contributed by atoms with Crippen molar-refractivity contribution < 1.29 is 9.59 Å². The van der Waals surface area contributed by atoms with Crippen molar-refractivity contribution in [3.05, 3.63) is 50.7 Å². The van der Waals surface area contributed by atoms with Gasteiger partial charge in [0.1, 0.15) is 0 Å². The number of benzene rings is 1. The molecule has 0 unspecified atom stereocenters. The molecular weight excluding hydrogens is 455 g/mol. The number of carbonyl (C=O) groups is 2. The van der Waals surface area contributed by atoms with Crippen LogP contribution in [0.2, 0.25) is 10.0 Å². The predicted molar refractivity (Wildman–Crippen MR) is 115 cm³/mol. The molecule has 29 heavy (non-hydrogen) atoms. The van der Waals surface area contributed by atoms with Crippen LogP contribution in [0.25, 0.3) is 0 Å². The first-order valence-electron chi connectivity index (χ1n) is 8.30. The van der Waals surface area contributed by atoms with Crippen molar-refractivity contribution in [2.75, 3.05) is 11.1 Å². The summed E-state index contributed by atoms with van der Waals surface area (Å²) in [4.78, 5) is 28.5. The summed E-state index contributed by atoms with van der Waals surface area (Å²) in [6.07, 6.45) is 0. The monoisotopic (exact) mass is 470 g/mol. The van der Waals surface area contributed by atoms with E-state index in [4.69, 9.17) is 23.2 Å². The third-order valence-corrected chi connectivity index (χ3v) is 6.35. The fourth-order valence-electron chi connectivity index (χ4n) is 2.22. The fraction of sp³-hybridized carbons (Fsp3) is 0.235. The highest BCUT2D eigenvalue weighted by molar-refractivity contribution is 7.99. The Morgan fingerprint density at radius 3 is 2.72 bits per heavy atom. The number of nitrogens with one attached hydrogen (secondary N) is 2. The molecule has 0 atom stereocenters. The van der Waals surface area contributed by atoms with Crippen molar-refractivity contribution in [3.8, 4) is 0 Å². The number of hydrogen-bond acceptors (Lipinski definition) is 7. The fourth-order valence-corrected chi connectivity index (χ4v) is 3.95. The average Bonchev–Trinajstić information content (AvgIpc) is 3.25. The predicted octanol–water partition coefficient (Wildman–Crippen LogP) is 3.55. The number of rotatable bonds is 7. The normalized spacial score (nSPS) is 10.8. The molecule has 0 aliphatic carbocycles. The number of halogens is 2. The van der Waals surface area contributed by atoms with E-state index < -0.39 is 0 Å². The van der Waals surface area contributed by atoms with Gasteiger partial charge in [0, 0.05) is 18.0 Å². The Labute approximate surface area is 185 Å². The molecule has 1 aromatic carbocycles. The zero-order valence-electron chi connectivity index (χ0n) is 15.4. The molecule has 3 rings (SSSR count).